The van der Waals surface area contributed by atoms with E-state index in [2.05, 4.69) is 15.7 Å². The Balaban J connectivity index is 1.64. The summed E-state index contributed by atoms with van der Waals surface area (Å²) in [6.45, 7) is 1.76. The largest absolute Gasteiger partial charge is 0.352 e. The van der Waals surface area contributed by atoms with E-state index in [9.17, 15) is 9.18 Å². The second-order valence-corrected chi connectivity index (χ2v) is 5.67. The van der Waals surface area contributed by atoms with Crippen LogP contribution in [-0.4, -0.2) is 28.8 Å². The minimum absolute atomic E-state index is 0.0110. The Hall–Kier alpha value is -2.21. The first kappa shape index (κ1) is 14.7. The van der Waals surface area contributed by atoms with Crippen LogP contribution >= 0.6 is 0 Å². The molecule has 2 aromatic rings. The number of aromatic nitrogens is 2. The Labute approximate surface area is 128 Å². The summed E-state index contributed by atoms with van der Waals surface area (Å²) in [6.07, 6.45) is 3.76. The van der Waals surface area contributed by atoms with E-state index >= 15 is 0 Å². The first-order valence-corrected chi connectivity index (χ1v) is 7.35. The van der Waals surface area contributed by atoms with Crippen molar-refractivity contribution < 1.29 is 9.18 Å². The maximum atomic E-state index is 13.1. The van der Waals surface area contributed by atoms with Gasteiger partial charge in [0.15, 0.2) is 0 Å². The fraction of sp³-hybridized carbons (Fsp3) is 0.375. The van der Waals surface area contributed by atoms with Crippen LogP contribution in [0.25, 0.3) is 0 Å². The molecule has 2 N–H and O–H groups in total. The first-order chi connectivity index (χ1) is 10.6. The van der Waals surface area contributed by atoms with Crippen LogP contribution in [0.15, 0.2) is 36.7 Å². The third-order valence-electron chi connectivity index (χ3n) is 4.06. The van der Waals surface area contributed by atoms with E-state index in [1.807, 2.05) is 19.4 Å². The highest BCUT2D eigenvalue weighted by atomic mass is 19.1. The average molecular weight is 302 g/mol. The summed E-state index contributed by atoms with van der Waals surface area (Å²) in [7, 11) is 1.87. The summed E-state index contributed by atoms with van der Waals surface area (Å²) in [6, 6.07) is 6.28. The van der Waals surface area contributed by atoms with Crippen molar-refractivity contribution in [2.45, 2.75) is 12.5 Å². The van der Waals surface area contributed by atoms with Crippen LogP contribution in [0.3, 0.4) is 0 Å². The number of benzene rings is 1. The molecule has 1 aliphatic heterocycles. The van der Waals surface area contributed by atoms with E-state index in [0.29, 0.717) is 13.1 Å². The highest BCUT2D eigenvalue weighted by Crippen LogP contribution is 2.27. The molecule has 1 amide bonds. The lowest BCUT2D eigenvalue weighted by Gasteiger charge is -2.17. The summed E-state index contributed by atoms with van der Waals surface area (Å²) in [5, 5.41) is 10.3. The Morgan fingerprint density at radius 3 is 3.09 bits per heavy atom. The van der Waals surface area contributed by atoms with Gasteiger partial charge in [-0.15, -0.1) is 0 Å². The Bertz CT molecular complexity index is 670. The molecule has 3 rings (SSSR count). The second kappa shape index (κ2) is 6.27. The molecule has 0 spiro atoms. The molecule has 0 bridgehead atoms. The number of carbonyl (C=O) groups is 1. The van der Waals surface area contributed by atoms with Crippen LogP contribution < -0.4 is 10.6 Å². The molecule has 1 aromatic carbocycles. The molecular weight excluding hydrogens is 283 g/mol. The monoisotopic (exact) mass is 302 g/mol. The van der Waals surface area contributed by atoms with Crippen molar-refractivity contribution in [2.75, 3.05) is 13.1 Å². The molecule has 0 unspecified atom stereocenters. The summed E-state index contributed by atoms with van der Waals surface area (Å²) in [4.78, 5) is 12.4. The van der Waals surface area contributed by atoms with Crippen LogP contribution in [0.1, 0.15) is 17.0 Å². The van der Waals surface area contributed by atoms with Crippen LogP contribution in [0, 0.1) is 11.7 Å². The van der Waals surface area contributed by atoms with Crippen LogP contribution in [-0.2, 0) is 18.4 Å². The number of hydrogen-bond donors (Lipinski definition) is 2. The van der Waals surface area contributed by atoms with E-state index in [0.717, 1.165) is 17.7 Å². The van der Waals surface area contributed by atoms with Crippen LogP contribution in [0.4, 0.5) is 4.39 Å². The van der Waals surface area contributed by atoms with Gasteiger partial charge in [0.2, 0.25) is 5.91 Å². The standard InChI is InChI=1S/C16H19FN4O/c1-21-10-12(7-20-21)14-8-18-9-15(14)16(22)19-6-11-3-2-4-13(17)5-11/h2-5,7,10,14-15,18H,6,8-9H2,1H3,(H,19,22)/t14-,15+/m1/s1. The highest BCUT2D eigenvalue weighted by Gasteiger charge is 2.34. The molecule has 116 valence electrons. The topological polar surface area (TPSA) is 59.0 Å². The van der Waals surface area contributed by atoms with Gasteiger partial charge in [-0.3, -0.25) is 9.48 Å². The van der Waals surface area contributed by atoms with Crippen molar-refractivity contribution in [3.63, 3.8) is 0 Å². The van der Waals surface area contributed by atoms with Crippen molar-refractivity contribution in [3.8, 4) is 0 Å². The van der Waals surface area contributed by atoms with Gasteiger partial charge in [-0.05, 0) is 23.3 Å². The lowest BCUT2D eigenvalue weighted by Crippen LogP contribution is -2.33. The molecule has 22 heavy (non-hydrogen) atoms. The fourth-order valence-electron chi connectivity index (χ4n) is 2.90. The van der Waals surface area contributed by atoms with Gasteiger partial charge >= 0.3 is 0 Å². The molecule has 6 heteroatoms. The summed E-state index contributed by atoms with van der Waals surface area (Å²) in [5.74, 6) is -0.301. The van der Waals surface area contributed by atoms with Crippen LogP contribution in [0.5, 0.6) is 0 Å². The van der Waals surface area contributed by atoms with E-state index < -0.39 is 0 Å². The zero-order valence-corrected chi connectivity index (χ0v) is 12.4. The van der Waals surface area contributed by atoms with Gasteiger partial charge in [0, 0.05) is 38.8 Å². The smallest absolute Gasteiger partial charge is 0.225 e. The van der Waals surface area contributed by atoms with Gasteiger partial charge in [-0.2, -0.15) is 5.10 Å². The summed E-state index contributed by atoms with van der Waals surface area (Å²) in [5.41, 5.74) is 1.83. The lowest BCUT2D eigenvalue weighted by atomic mass is 9.90. The molecule has 2 atom stereocenters. The third-order valence-corrected chi connectivity index (χ3v) is 4.06. The molecule has 0 radical (unpaired) electrons. The van der Waals surface area contributed by atoms with Crippen molar-refractivity contribution in [1.82, 2.24) is 20.4 Å². The average Bonchev–Trinajstić information content (AvgIpc) is 3.13. The number of hydrogen-bond acceptors (Lipinski definition) is 3. The van der Waals surface area contributed by atoms with Crippen molar-refractivity contribution in [1.29, 1.82) is 0 Å². The lowest BCUT2D eigenvalue weighted by molar-refractivity contribution is -0.125. The van der Waals surface area contributed by atoms with Gasteiger partial charge in [-0.25, -0.2) is 4.39 Å². The normalized spacial score (nSPS) is 21.0. The predicted octanol–water partition coefficient (Wildman–Crippen LogP) is 1.18. The van der Waals surface area contributed by atoms with Crippen LogP contribution in [0.2, 0.25) is 0 Å². The van der Waals surface area contributed by atoms with Gasteiger partial charge in [0.1, 0.15) is 5.82 Å². The minimum Gasteiger partial charge on any atom is -0.352 e. The number of rotatable bonds is 4. The van der Waals surface area contributed by atoms with E-state index in [-0.39, 0.29) is 23.6 Å². The Morgan fingerprint density at radius 2 is 2.36 bits per heavy atom. The number of aryl methyl sites for hydroxylation is 1. The first-order valence-electron chi connectivity index (χ1n) is 7.35. The third kappa shape index (κ3) is 3.17. The van der Waals surface area contributed by atoms with Gasteiger partial charge < -0.3 is 10.6 Å². The molecule has 5 nitrogen and oxygen atoms in total. The molecule has 0 saturated carbocycles. The molecule has 1 aromatic heterocycles. The number of amides is 1. The molecule has 0 aliphatic carbocycles. The van der Waals surface area contributed by atoms with Crippen molar-refractivity contribution in [2.24, 2.45) is 13.0 Å². The fourth-order valence-corrected chi connectivity index (χ4v) is 2.90. The molecular formula is C16H19FN4O. The number of carbonyl (C=O) groups excluding carboxylic acids is 1. The zero-order valence-electron chi connectivity index (χ0n) is 12.4. The molecule has 1 saturated heterocycles. The SMILES string of the molecule is Cn1cc([C@H]2CNC[C@@H]2C(=O)NCc2cccc(F)c2)cn1. The van der Waals surface area contributed by atoms with E-state index in [4.69, 9.17) is 0 Å². The van der Waals surface area contributed by atoms with E-state index in [1.54, 1.807) is 16.8 Å². The summed E-state index contributed by atoms with van der Waals surface area (Å²) >= 11 is 0. The van der Waals surface area contributed by atoms with E-state index in [1.165, 1.54) is 12.1 Å². The van der Waals surface area contributed by atoms with Crippen molar-refractivity contribution >= 4 is 5.91 Å². The maximum absolute atomic E-state index is 13.1. The quantitative estimate of drug-likeness (QED) is 0.891. The molecule has 2 heterocycles. The van der Waals surface area contributed by atoms with Crippen molar-refractivity contribution in [3.05, 3.63) is 53.6 Å². The number of nitrogens with zero attached hydrogens (tertiary/aromatic N) is 2. The van der Waals surface area contributed by atoms with Gasteiger partial charge in [0.05, 0.1) is 12.1 Å². The zero-order chi connectivity index (χ0) is 15.5. The van der Waals surface area contributed by atoms with Gasteiger partial charge in [-0.1, -0.05) is 12.1 Å². The summed E-state index contributed by atoms with van der Waals surface area (Å²) < 4.78 is 14.9. The number of nitrogens with one attached hydrogen (secondary N) is 2. The maximum Gasteiger partial charge on any atom is 0.225 e. The number of halogens is 1. The Morgan fingerprint density at radius 1 is 1.50 bits per heavy atom. The highest BCUT2D eigenvalue weighted by molar-refractivity contribution is 5.80. The minimum atomic E-state index is -0.289. The molecule has 1 fully saturated rings. The predicted molar refractivity (Wildman–Crippen MR) is 80.6 cm³/mol. The van der Waals surface area contributed by atoms with Gasteiger partial charge in [0.25, 0.3) is 0 Å². The Kier molecular flexibility index (Phi) is 4.20. The second-order valence-electron chi connectivity index (χ2n) is 5.67. The molecule has 1 aliphatic rings.